The summed E-state index contributed by atoms with van der Waals surface area (Å²) in [5.41, 5.74) is 4.38. The lowest BCUT2D eigenvalue weighted by Gasteiger charge is -2.09. The van der Waals surface area contributed by atoms with E-state index in [1.807, 2.05) is 12.1 Å². The number of halogens is 1. The molecule has 1 heterocycles. The Labute approximate surface area is 110 Å². The summed E-state index contributed by atoms with van der Waals surface area (Å²) in [6.07, 6.45) is 1.75. The van der Waals surface area contributed by atoms with Gasteiger partial charge in [-0.05, 0) is 46.5 Å². The molecular formula is C16H12FNO. The van der Waals surface area contributed by atoms with Gasteiger partial charge >= 0.3 is 0 Å². The number of carbonyl (C=O) groups is 1. The van der Waals surface area contributed by atoms with Gasteiger partial charge < -0.3 is 5.32 Å². The van der Waals surface area contributed by atoms with Crippen LogP contribution < -0.4 is 5.32 Å². The number of fused-ring (bicyclic) bond motifs is 1. The first-order chi connectivity index (χ1) is 9.19. The Kier molecular flexibility index (Phi) is 2.67. The third-order valence-corrected chi connectivity index (χ3v) is 3.33. The summed E-state index contributed by atoms with van der Waals surface area (Å²) in [7, 11) is 0. The molecule has 0 radical (unpaired) electrons. The van der Waals surface area contributed by atoms with Crippen LogP contribution in [0.15, 0.2) is 43.0 Å². The summed E-state index contributed by atoms with van der Waals surface area (Å²) in [5, 5.41) is 2.79. The molecule has 2 aromatic rings. The molecule has 94 valence electrons. The van der Waals surface area contributed by atoms with Gasteiger partial charge in [0.1, 0.15) is 5.82 Å². The molecule has 3 heteroatoms. The van der Waals surface area contributed by atoms with Crippen LogP contribution in [0.2, 0.25) is 0 Å². The summed E-state index contributed by atoms with van der Waals surface area (Å²) < 4.78 is 13.0. The van der Waals surface area contributed by atoms with E-state index in [4.69, 9.17) is 0 Å². The first kappa shape index (κ1) is 11.7. The second-order valence-corrected chi connectivity index (χ2v) is 4.49. The molecule has 2 nitrogen and oxygen atoms in total. The smallest absolute Gasteiger partial charge is 0.251 e. The zero-order chi connectivity index (χ0) is 13.4. The molecule has 2 aromatic carbocycles. The third-order valence-electron chi connectivity index (χ3n) is 3.33. The molecule has 0 aliphatic carbocycles. The highest BCUT2D eigenvalue weighted by Gasteiger charge is 2.20. The van der Waals surface area contributed by atoms with Gasteiger partial charge in [0.05, 0.1) is 0 Å². The number of hydrogen-bond acceptors (Lipinski definition) is 1. The molecule has 0 bridgehead atoms. The van der Waals surface area contributed by atoms with E-state index < -0.39 is 0 Å². The fourth-order valence-corrected chi connectivity index (χ4v) is 2.34. The van der Waals surface area contributed by atoms with E-state index in [1.165, 1.54) is 12.1 Å². The van der Waals surface area contributed by atoms with Crippen molar-refractivity contribution in [3.8, 4) is 11.1 Å². The van der Waals surface area contributed by atoms with Gasteiger partial charge in [-0.25, -0.2) is 4.39 Å². The number of carbonyl (C=O) groups excluding carboxylic acids is 1. The van der Waals surface area contributed by atoms with E-state index in [2.05, 4.69) is 11.9 Å². The summed E-state index contributed by atoms with van der Waals surface area (Å²) in [5.74, 6) is -0.336. The number of nitrogens with one attached hydrogen (secondary N) is 1. The van der Waals surface area contributed by atoms with E-state index >= 15 is 0 Å². The molecule has 1 aliphatic heterocycles. The quantitative estimate of drug-likeness (QED) is 0.873. The standard InChI is InChI=1S/C16H12FNO/c1-2-10-7-12-9-18-16(19)15(12)8-14(10)11-3-5-13(17)6-4-11/h2-8H,1,9H2,(H,18,19). The molecule has 1 amide bonds. The van der Waals surface area contributed by atoms with Crippen LogP contribution in [0.5, 0.6) is 0 Å². The number of hydrogen-bond donors (Lipinski definition) is 1. The second-order valence-electron chi connectivity index (χ2n) is 4.49. The summed E-state index contributed by atoms with van der Waals surface area (Å²) in [4.78, 5) is 11.7. The third kappa shape index (κ3) is 1.93. The SMILES string of the molecule is C=Cc1cc2c(cc1-c1ccc(F)cc1)C(=O)NC2. The van der Waals surface area contributed by atoms with Crippen molar-refractivity contribution in [1.29, 1.82) is 0 Å². The van der Waals surface area contributed by atoms with Crippen molar-refractivity contribution in [2.45, 2.75) is 6.54 Å². The summed E-state index contributed by atoms with van der Waals surface area (Å²) in [6.45, 7) is 4.35. The van der Waals surface area contributed by atoms with Gasteiger partial charge in [0.15, 0.2) is 0 Å². The van der Waals surface area contributed by atoms with E-state index in [-0.39, 0.29) is 11.7 Å². The van der Waals surface area contributed by atoms with Crippen LogP contribution in [0.4, 0.5) is 4.39 Å². The fourth-order valence-electron chi connectivity index (χ4n) is 2.34. The molecule has 19 heavy (non-hydrogen) atoms. The zero-order valence-corrected chi connectivity index (χ0v) is 10.2. The Bertz CT molecular complexity index is 674. The molecule has 0 spiro atoms. The molecule has 0 saturated heterocycles. The second kappa shape index (κ2) is 4.35. The van der Waals surface area contributed by atoms with Gasteiger partial charge in [-0.15, -0.1) is 0 Å². The summed E-state index contributed by atoms with van der Waals surface area (Å²) in [6, 6.07) is 10.0. The minimum absolute atomic E-state index is 0.0611. The lowest BCUT2D eigenvalue weighted by Crippen LogP contribution is -2.12. The highest BCUT2D eigenvalue weighted by atomic mass is 19.1. The van der Waals surface area contributed by atoms with Crippen LogP contribution >= 0.6 is 0 Å². The fraction of sp³-hybridized carbons (Fsp3) is 0.0625. The van der Waals surface area contributed by atoms with Gasteiger partial charge in [0, 0.05) is 12.1 Å². The molecule has 0 atom stereocenters. The van der Waals surface area contributed by atoms with E-state index in [9.17, 15) is 9.18 Å². The largest absolute Gasteiger partial charge is 0.348 e. The van der Waals surface area contributed by atoms with Crippen molar-refractivity contribution in [3.05, 3.63) is 65.5 Å². The Morgan fingerprint density at radius 3 is 2.58 bits per heavy atom. The first-order valence-corrected chi connectivity index (χ1v) is 6.02. The Hall–Kier alpha value is -2.42. The highest BCUT2D eigenvalue weighted by molar-refractivity contribution is 6.00. The van der Waals surface area contributed by atoms with Crippen LogP contribution in [-0.4, -0.2) is 5.91 Å². The van der Waals surface area contributed by atoms with Gasteiger partial charge in [0.2, 0.25) is 0 Å². The predicted molar refractivity (Wildman–Crippen MR) is 73.1 cm³/mol. The van der Waals surface area contributed by atoms with Crippen molar-refractivity contribution in [3.63, 3.8) is 0 Å². The maximum atomic E-state index is 13.0. The van der Waals surface area contributed by atoms with Gasteiger partial charge in [0.25, 0.3) is 5.91 Å². The minimum Gasteiger partial charge on any atom is -0.348 e. The lowest BCUT2D eigenvalue weighted by molar-refractivity contribution is 0.0966. The first-order valence-electron chi connectivity index (χ1n) is 6.02. The van der Waals surface area contributed by atoms with E-state index in [0.29, 0.717) is 12.1 Å². The van der Waals surface area contributed by atoms with Gasteiger partial charge in [-0.3, -0.25) is 4.79 Å². The average molecular weight is 253 g/mol. The monoisotopic (exact) mass is 253 g/mol. The Morgan fingerprint density at radius 1 is 1.16 bits per heavy atom. The molecule has 0 aromatic heterocycles. The number of rotatable bonds is 2. The maximum absolute atomic E-state index is 13.0. The average Bonchev–Trinajstić information content (AvgIpc) is 2.79. The molecule has 1 aliphatic rings. The van der Waals surface area contributed by atoms with Crippen molar-refractivity contribution < 1.29 is 9.18 Å². The molecule has 0 unspecified atom stereocenters. The number of amides is 1. The molecule has 0 fully saturated rings. The van der Waals surface area contributed by atoms with Crippen molar-refractivity contribution >= 4 is 12.0 Å². The van der Waals surface area contributed by atoms with Crippen LogP contribution in [-0.2, 0) is 6.54 Å². The maximum Gasteiger partial charge on any atom is 0.251 e. The lowest BCUT2D eigenvalue weighted by atomic mass is 9.94. The van der Waals surface area contributed by atoms with Gasteiger partial charge in [-0.1, -0.05) is 24.8 Å². The number of benzene rings is 2. The topological polar surface area (TPSA) is 29.1 Å². The van der Waals surface area contributed by atoms with Crippen LogP contribution in [0, 0.1) is 5.82 Å². The van der Waals surface area contributed by atoms with Crippen molar-refractivity contribution in [2.24, 2.45) is 0 Å². The predicted octanol–water partition coefficient (Wildman–Crippen LogP) is 3.38. The van der Waals surface area contributed by atoms with E-state index in [1.54, 1.807) is 18.2 Å². The Balaban J connectivity index is 2.20. The normalized spacial score (nSPS) is 13.0. The van der Waals surface area contributed by atoms with Gasteiger partial charge in [-0.2, -0.15) is 0 Å². The molecular weight excluding hydrogens is 241 g/mol. The van der Waals surface area contributed by atoms with Crippen molar-refractivity contribution in [2.75, 3.05) is 0 Å². The molecule has 0 saturated carbocycles. The van der Waals surface area contributed by atoms with E-state index in [0.717, 1.165) is 22.3 Å². The van der Waals surface area contributed by atoms with Crippen LogP contribution in [0.1, 0.15) is 21.5 Å². The van der Waals surface area contributed by atoms with Crippen molar-refractivity contribution in [1.82, 2.24) is 5.32 Å². The highest BCUT2D eigenvalue weighted by Crippen LogP contribution is 2.30. The summed E-state index contributed by atoms with van der Waals surface area (Å²) >= 11 is 0. The molecule has 3 rings (SSSR count). The van der Waals surface area contributed by atoms with Crippen LogP contribution in [0.3, 0.4) is 0 Å². The molecule has 1 N–H and O–H groups in total. The Morgan fingerprint density at radius 2 is 1.89 bits per heavy atom. The zero-order valence-electron chi connectivity index (χ0n) is 10.2. The minimum atomic E-state index is -0.275. The van der Waals surface area contributed by atoms with Crippen LogP contribution in [0.25, 0.3) is 17.2 Å².